The first-order valence-electron chi connectivity index (χ1n) is 9.39. The Hall–Kier alpha value is -1.42. The van der Waals surface area contributed by atoms with Gasteiger partial charge in [0, 0.05) is 25.0 Å². The molecular formula is C20H29FN2O. The number of carbonyl (C=O) groups excluding carboxylic acids is 1. The van der Waals surface area contributed by atoms with Crippen molar-refractivity contribution >= 4 is 5.91 Å². The molecule has 0 unspecified atom stereocenters. The second-order valence-corrected chi connectivity index (χ2v) is 7.32. The Kier molecular flexibility index (Phi) is 5.88. The SMILES string of the molecule is CN1CCCCC[C@@H]2[C@@H]1CCN2C(=O)CCCc1ccc(F)cc1. The Morgan fingerprint density at radius 2 is 1.88 bits per heavy atom. The van der Waals surface area contributed by atoms with E-state index >= 15 is 0 Å². The van der Waals surface area contributed by atoms with Crippen LogP contribution in [0.3, 0.4) is 0 Å². The first-order chi connectivity index (χ1) is 11.6. The van der Waals surface area contributed by atoms with Crippen LogP contribution in [0.25, 0.3) is 0 Å². The predicted molar refractivity (Wildman–Crippen MR) is 94.3 cm³/mol. The van der Waals surface area contributed by atoms with Crippen molar-refractivity contribution in [2.45, 2.75) is 63.5 Å². The van der Waals surface area contributed by atoms with Crippen LogP contribution in [0, 0.1) is 5.82 Å². The molecule has 1 aromatic carbocycles. The van der Waals surface area contributed by atoms with Crippen LogP contribution in [-0.4, -0.2) is 47.9 Å². The van der Waals surface area contributed by atoms with Gasteiger partial charge in [-0.1, -0.05) is 25.0 Å². The van der Waals surface area contributed by atoms with Crippen LogP contribution in [0.2, 0.25) is 0 Å². The molecule has 132 valence electrons. The first kappa shape index (κ1) is 17.4. The summed E-state index contributed by atoms with van der Waals surface area (Å²) in [5.74, 6) is 0.102. The summed E-state index contributed by atoms with van der Waals surface area (Å²) >= 11 is 0. The molecule has 1 amide bonds. The number of likely N-dealkylation sites (tertiary alicyclic amines) is 2. The molecule has 2 fully saturated rings. The van der Waals surface area contributed by atoms with E-state index in [9.17, 15) is 9.18 Å². The van der Waals surface area contributed by atoms with E-state index in [1.54, 1.807) is 0 Å². The highest BCUT2D eigenvalue weighted by molar-refractivity contribution is 5.77. The lowest BCUT2D eigenvalue weighted by molar-refractivity contribution is -0.132. The molecular weight excluding hydrogens is 303 g/mol. The van der Waals surface area contributed by atoms with Crippen molar-refractivity contribution in [2.24, 2.45) is 0 Å². The Bertz CT molecular complexity index is 545. The molecule has 0 N–H and O–H groups in total. The van der Waals surface area contributed by atoms with Gasteiger partial charge in [-0.15, -0.1) is 0 Å². The molecule has 2 saturated heterocycles. The number of benzene rings is 1. The van der Waals surface area contributed by atoms with Gasteiger partial charge in [0.15, 0.2) is 0 Å². The number of nitrogens with zero attached hydrogens (tertiary/aromatic N) is 2. The molecule has 0 aromatic heterocycles. The van der Waals surface area contributed by atoms with Crippen molar-refractivity contribution in [1.82, 2.24) is 9.80 Å². The van der Waals surface area contributed by atoms with E-state index in [2.05, 4.69) is 16.8 Å². The summed E-state index contributed by atoms with van der Waals surface area (Å²) in [5, 5.41) is 0. The summed E-state index contributed by atoms with van der Waals surface area (Å²) in [7, 11) is 2.21. The number of halogens is 1. The fraction of sp³-hybridized carbons (Fsp3) is 0.650. The lowest BCUT2D eigenvalue weighted by Crippen LogP contribution is -2.46. The van der Waals surface area contributed by atoms with Crippen LogP contribution in [0.4, 0.5) is 4.39 Å². The van der Waals surface area contributed by atoms with E-state index in [0.29, 0.717) is 24.4 Å². The van der Waals surface area contributed by atoms with Crippen LogP contribution >= 0.6 is 0 Å². The number of carbonyl (C=O) groups is 1. The van der Waals surface area contributed by atoms with Crippen molar-refractivity contribution < 1.29 is 9.18 Å². The summed E-state index contributed by atoms with van der Waals surface area (Å²) in [6.07, 6.45) is 8.36. The Labute approximate surface area is 144 Å². The zero-order chi connectivity index (χ0) is 16.9. The van der Waals surface area contributed by atoms with Gasteiger partial charge in [0.1, 0.15) is 5.82 Å². The second kappa shape index (κ2) is 8.11. The molecule has 2 aliphatic heterocycles. The standard InChI is InChI=1S/C20H29FN2O/c1-22-14-4-2-3-7-19-18(22)13-15-23(19)20(24)8-5-6-16-9-11-17(21)12-10-16/h9-12,18-19H,2-8,13-15H2,1H3/t18-,19+/m0/s1. The van der Waals surface area contributed by atoms with Crippen molar-refractivity contribution in [3.05, 3.63) is 35.6 Å². The number of fused-ring (bicyclic) bond motifs is 1. The Balaban J connectivity index is 1.51. The minimum atomic E-state index is -0.202. The number of likely N-dealkylation sites (N-methyl/N-ethyl adjacent to an activating group) is 1. The fourth-order valence-corrected chi connectivity index (χ4v) is 4.30. The van der Waals surface area contributed by atoms with Crippen molar-refractivity contribution in [3.8, 4) is 0 Å². The van der Waals surface area contributed by atoms with Crippen LogP contribution in [0.5, 0.6) is 0 Å². The third-order valence-electron chi connectivity index (χ3n) is 5.68. The Morgan fingerprint density at radius 3 is 2.67 bits per heavy atom. The molecule has 0 radical (unpaired) electrons. The molecule has 0 saturated carbocycles. The lowest BCUT2D eigenvalue weighted by atomic mass is 9.97. The largest absolute Gasteiger partial charge is 0.338 e. The second-order valence-electron chi connectivity index (χ2n) is 7.32. The first-order valence-corrected chi connectivity index (χ1v) is 9.39. The summed E-state index contributed by atoms with van der Waals surface area (Å²) < 4.78 is 12.9. The van der Waals surface area contributed by atoms with Crippen molar-refractivity contribution in [2.75, 3.05) is 20.1 Å². The molecule has 24 heavy (non-hydrogen) atoms. The number of amides is 1. The normalized spacial score (nSPS) is 25.2. The molecule has 1 aromatic rings. The highest BCUT2D eigenvalue weighted by atomic mass is 19.1. The maximum Gasteiger partial charge on any atom is 0.222 e. The van der Waals surface area contributed by atoms with Gasteiger partial charge in [-0.25, -0.2) is 4.39 Å². The number of hydrogen-bond donors (Lipinski definition) is 0. The summed E-state index contributed by atoms with van der Waals surface area (Å²) in [6.45, 7) is 2.07. The number of aryl methyl sites for hydroxylation is 1. The quantitative estimate of drug-likeness (QED) is 0.841. The predicted octanol–water partition coefficient (Wildman–Crippen LogP) is 3.62. The van der Waals surface area contributed by atoms with Crippen molar-refractivity contribution in [1.29, 1.82) is 0 Å². The Morgan fingerprint density at radius 1 is 1.08 bits per heavy atom. The molecule has 0 spiro atoms. The maximum absolute atomic E-state index is 12.9. The molecule has 0 aliphatic carbocycles. The minimum Gasteiger partial charge on any atom is -0.338 e. The third kappa shape index (κ3) is 4.15. The molecule has 3 nitrogen and oxygen atoms in total. The highest BCUT2D eigenvalue weighted by Crippen LogP contribution is 2.29. The van der Waals surface area contributed by atoms with Crippen molar-refractivity contribution in [3.63, 3.8) is 0 Å². The smallest absolute Gasteiger partial charge is 0.222 e. The maximum atomic E-state index is 12.9. The van der Waals surface area contributed by atoms with Gasteiger partial charge in [-0.05, 0) is 63.4 Å². The topological polar surface area (TPSA) is 23.6 Å². The van der Waals surface area contributed by atoms with E-state index < -0.39 is 0 Å². The average Bonchev–Trinajstić information content (AvgIpc) is 2.97. The van der Waals surface area contributed by atoms with Gasteiger partial charge >= 0.3 is 0 Å². The van der Waals surface area contributed by atoms with Crippen LogP contribution in [0.15, 0.2) is 24.3 Å². The minimum absolute atomic E-state index is 0.202. The van der Waals surface area contributed by atoms with E-state index in [1.807, 2.05) is 12.1 Å². The number of rotatable bonds is 4. The van der Waals surface area contributed by atoms with Gasteiger partial charge < -0.3 is 9.80 Å². The van der Waals surface area contributed by atoms with Crippen LogP contribution in [0.1, 0.15) is 50.5 Å². The molecule has 2 atom stereocenters. The third-order valence-corrected chi connectivity index (χ3v) is 5.68. The zero-order valence-corrected chi connectivity index (χ0v) is 14.7. The fourth-order valence-electron chi connectivity index (χ4n) is 4.30. The number of hydrogen-bond acceptors (Lipinski definition) is 2. The molecule has 0 bridgehead atoms. The van der Waals surface area contributed by atoms with E-state index in [4.69, 9.17) is 0 Å². The van der Waals surface area contributed by atoms with E-state index in [1.165, 1.54) is 31.4 Å². The monoisotopic (exact) mass is 332 g/mol. The summed E-state index contributed by atoms with van der Waals surface area (Å²) in [6, 6.07) is 7.57. The van der Waals surface area contributed by atoms with Gasteiger partial charge in [0.25, 0.3) is 0 Å². The highest BCUT2D eigenvalue weighted by Gasteiger charge is 2.38. The van der Waals surface area contributed by atoms with Gasteiger partial charge in [0.05, 0.1) is 0 Å². The van der Waals surface area contributed by atoms with Gasteiger partial charge in [-0.2, -0.15) is 0 Å². The molecule has 2 aliphatic rings. The van der Waals surface area contributed by atoms with Gasteiger partial charge in [0.2, 0.25) is 5.91 Å². The van der Waals surface area contributed by atoms with Crippen LogP contribution in [-0.2, 0) is 11.2 Å². The molecule has 2 heterocycles. The molecule has 3 rings (SSSR count). The average molecular weight is 332 g/mol. The van der Waals surface area contributed by atoms with Gasteiger partial charge in [-0.3, -0.25) is 4.79 Å². The van der Waals surface area contributed by atoms with E-state index in [0.717, 1.165) is 44.3 Å². The van der Waals surface area contributed by atoms with E-state index in [-0.39, 0.29) is 5.82 Å². The molecule has 4 heteroatoms. The zero-order valence-electron chi connectivity index (χ0n) is 14.7. The summed E-state index contributed by atoms with van der Waals surface area (Å²) in [4.78, 5) is 17.3. The summed E-state index contributed by atoms with van der Waals surface area (Å²) in [5.41, 5.74) is 1.11. The lowest BCUT2D eigenvalue weighted by Gasteiger charge is -2.35. The van der Waals surface area contributed by atoms with Crippen LogP contribution < -0.4 is 0 Å².